The molecule has 8 atom stereocenters. The van der Waals surface area contributed by atoms with Crippen LogP contribution in [0.3, 0.4) is 0 Å². The van der Waals surface area contributed by atoms with E-state index in [9.17, 15) is 15.3 Å². The second-order valence-electron chi connectivity index (χ2n) is 5.06. The molecule has 0 aromatic heterocycles. The highest BCUT2D eigenvalue weighted by Gasteiger charge is 2.46. The summed E-state index contributed by atoms with van der Waals surface area (Å²) in [6.07, 6.45) is -6.77. The lowest BCUT2D eigenvalue weighted by Crippen LogP contribution is -2.64. The van der Waals surface area contributed by atoms with Crippen molar-refractivity contribution in [3.05, 3.63) is 0 Å². The minimum Gasteiger partial charge on any atom is -0.394 e. The molecule has 2 aliphatic rings. The van der Waals surface area contributed by atoms with Gasteiger partial charge < -0.3 is 46.1 Å². The maximum absolute atomic E-state index is 9.85. The number of nitrogens with two attached hydrogens (primary N) is 2. The van der Waals surface area contributed by atoms with Gasteiger partial charge in [-0.15, -0.1) is 0 Å². The molecular weight excluding hydrogens is 272 g/mol. The summed E-state index contributed by atoms with van der Waals surface area (Å²) in [6, 6.07) is -1.00. The maximum Gasteiger partial charge on any atom is 0.176 e. The Labute approximate surface area is 116 Å². The monoisotopic (exact) mass is 294 g/mol. The summed E-state index contributed by atoms with van der Waals surface area (Å²) in [7, 11) is 0. The summed E-state index contributed by atoms with van der Waals surface area (Å²) in [4.78, 5) is 0. The highest BCUT2D eigenvalue weighted by molar-refractivity contribution is 4.94. The van der Waals surface area contributed by atoms with Crippen molar-refractivity contribution in [2.75, 3.05) is 19.8 Å². The van der Waals surface area contributed by atoms with Crippen molar-refractivity contribution in [1.82, 2.24) is 0 Å². The van der Waals surface area contributed by atoms with E-state index in [0.29, 0.717) is 0 Å². The molecule has 0 aromatic rings. The zero-order valence-electron chi connectivity index (χ0n) is 10.9. The molecule has 2 heterocycles. The van der Waals surface area contributed by atoms with E-state index in [0.717, 1.165) is 0 Å². The molecule has 8 N–H and O–H groups in total. The van der Waals surface area contributed by atoms with Gasteiger partial charge in [-0.1, -0.05) is 0 Å². The van der Waals surface area contributed by atoms with Gasteiger partial charge in [0.1, 0.15) is 36.6 Å². The molecule has 0 radical (unpaired) electrons. The van der Waals surface area contributed by atoms with Gasteiger partial charge in [-0.3, -0.25) is 0 Å². The smallest absolute Gasteiger partial charge is 0.176 e. The van der Waals surface area contributed by atoms with Gasteiger partial charge in [0.25, 0.3) is 0 Å². The fraction of sp³-hybridized carbons (Fsp3) is 1.00. The Bertz CT molecular complexity index is 319. The first kappa shape index (κ1) is 16.0. The standard InChI is InChI=1S/C11H22N2O7/c12-1-5-8(16)9(17)7(13)11(19-5)20-10-4(15)3-18-6(10)2-14/h4-11,14-17H,1-3,12-13H2/t4-,5+,6+,7+,8+,9+,10-,11+/m0/s1. The third-order valence-corrected chi connectivity index (χ3v) is 3.68. The van der Waals surface area contributed by atoms with E-state index in [1.54, 1.807) is 0 Å². The topological polar surface area (TPSA) is 161 Å². The highest BCUT2D eigenvalue weighted by atomic mass is 16.7. The summed E-state index contributed by atoms with van der Waals surface area (Å²) in [5.74, 6) is 0. The van der Waals surface area contributed by atoms with Crippen molar-refractivity contribution in [3.63, 3.8) is 0 Å². The van der Waals surface area contributed by atoms with Crippen LogP contribution >= 0.6 is 0 Å². The molecule has 2 saturated heterocycles. The third-order valence-electron chi connectivity index (χ3n) is 3.68. The minimum atomic E-state index is -1.26. The van der Waals surface area contributed by atoms with Crippen molar-refractivity contribution >= 4 is 0 Å². The van der Waals surface area contributed by atoms with Crippen molar-refractivity contribution in [1.29, 1.82) is 0 Å². The van der Waals surface area contributed by atoms with E-state index in [-0.39, 0.29) is 19.8 Å². The molecule has 20 heavy (non-hydrogen) atoms. The SMILES string of the molecule is NC[C@H]1O[C@H](O[C@H]2[C@@H](O)CO[C@@H]2CO)[C@H](N)[C@@H](O)[C@@H]1O. The van der Waals surface area contributed by atoms with Gasteiger partial charge >= 0.3 is 0 Å². The number of aliphatic hydroxyl groups is 4. The van der Waals surface area contributed by atoms with Crippen LogP contribution in [0.1, 0.15) is 0 Å². The lowest BCUT2D eigenvalue weighted by Gasteiger charge is -2.42. The average molecular weight is 294 g/mol. The van der Waals surface area contributed by atoms with E-state index in [2.05, 4.69) is 0 Å². The summed E-state index contributed by atoms with van der Waals surface area (Å²) in [5, 5.41) is 38.5. The third kappa shape index (κ3) is 2.96. The van der Waals surface area contributed by atoms with Crippen LogP contribution in [0, 0.1) is 0 Å². The molecule has 0 saturated carbocycles. The fourth-order valence-corrected chi connectivity index (χ4v) is 2.42. The molecule has 0 spiro atoms. The molecule has 0 aliphatic carbocycles. The van der Waals surface area contributed by atoms with Gasteiger partial charge in [-0.2, -0.15) is 0 Å². The van der Waals surface area contributed by atoms with Crippen LogP contribution in [0.25, 0.3) is 0 Å². The van der Waals surface area contributed by atoms with Crippen LogP contribution in [0.5, 0.6) is 0 Å². The number of ether oxygens (including phenoxy) is 3. The lowest BCUT2D eigenvalue weighted by atomic mass is 9.97. The molecule has 0 unspecified atom stereocenters. The van der Waals surface area contributed by atoms with Crippen LogP contribution in [0.2, 0.25) is 0 Å². The molecule has 2 rings (SSSR count). The summed E-state index contributed by atoms with van der Waals surface area (Å²) >= 11 is 0. The summed E-state index contributed by atoms with van der Waals surface area (Å²) in [5.41, 5.74) is 11.2. The van der Waals surface area contributed by atoms with Crippen molar-refractivity contribution in [2.24, 2.45) is 11.5 Å². The van der Waals surface area contributed by atoms with E-state index in [4.69, 9.17) is 30.8 Å². The van der Waals surface area contributed by atoms with Crippen LogP contribution in [0.15, 0.2) is 0 Å². The Hall–Kier alpha value is -0.360. The molecule has 2 fully saturated rings. The van der Waals surface area contributed by atoms with Gasteiger partial charge in [0, 0.05) is 6.54 Å². The number of aliphatic hydroxyl groups excluding tert-OH is 4. The van der Waals surface area contributed by atoms with E-state index in [1.807, 2.05) is 0 Å². The summed E-state index contributed by atoms with van der Waals surface area (Å²) < 4.78 is 16.1. The molecule has 0 aromatic carbocycles. The minimum absolute atomic E-state index is 0.0159. The van der Waals surface area contributed by atoms with Crippen LogP contribution in [-0.4, -0.2) is 89.1 Å². The number of hydrogen-bond donors (Lipinski definition) is 6. The molecule has 9 heteroatoms. The highest BCUT2D eigenvalue weighted by Crippen LogP contribution is 2.25. The van der Waals surface area contributed by atoms with Crippen LogP contribution in [0.4, 0.5) is 0 Å². The normalized spacial score (nSPS) is 49.5. The Morgan fingerprint density at radius 2 is 1.85 bits per heavy atom. The van der Waals surface area contributed by atoms with Crippen LogP contribution < -0.4 is 11.5 Å². The largest absolute Gasteiger partial charge is 0.394 e. The Balaban J connectivity index is 2.03. The summed E-state index contributed by atoms with van der Waals surface area (Å²) in [6.45, 7) is -0.309. The van der Waals surface area contributed by atoms with Gasteiger partial charge in [0.05, 0.1) is 19.3 Å². The molecule has 9 nitrogen and oxygen atoms in total. The van der Waals surface area contributed by atoms with Gasteiger partial charge in [-0.25, -0.2) is 0 Å². The van der Waals surface area contributed by atoms with Crippen molar-refractivity contribution in [2.45, 2.75) is 49.0 Å². The quantitative estimate of drug-likeness (QED) is 0.302. The molecule has 0 bridgehead atoms. The Kier molecular flexibility index (Phi) is 5.29. The first-order chi connectivity index (χ1) is 9.49. The number of rotatable bonds is 4. The second kappa shape index (κ2) is 6.60. The Morgan fingerprint density at radius 3 is 2.45 bits per heavy atom. The molecule has 118 valence electrons. The predicted octanol–water partition coefficient (Wildman–Crippen LogP) is -4.14. The average Bonchev–Trinajstić information content (AvgIpc) is 2.80. The van der Waals surface area contributed by atoms with Crippen molar-refractivity contribution < 1.29 is 34.6 Å². The fourth-order valence-electron chi connectivity index (χ4n) is 2.42. The second-order valence-corrected chi connectivity index (χ2v) is 5.06. The van der Waals surface area contributed by atoms with Gasteiger partial charge in [-0.05, 0) is 0 Å². The zero-order valence-corrected chi connectivity index (χ0v) is 10.9. The molecule has 2 aliphatic heterocycles. The molecular formula is C11H22N2O7. The lowest BCUT2D eigenvalue weighted by molar-refractivity contribution is -0.279. The first-order valence-electron chi connectivity index (χ1n) is 6.52. The van der Waals surface area contributed by atoms with Gasteiger partial charge in [0.2, 0.25) is 0 Å². The van der Waals surface area contributed by atoms with E-state index < -0.39 is 49.0 Å². The Morgan fingerprint density at radius 1 is 1.15 bits per heavy atom. The van der Waals surface area contributed by atoms with Crippen molar-refractivity contribution in [3.8, 4) is 0 Å². The first-order valence-corrected chi connectivity index (χ1v) is 6.52. The number of hydrogen-bond acceptors (Lipinski definition) is 9. The van der Waals surface area contributed by atoms with E-state index >= 15 is 0 Å². The molecule has 0 amide bonds. The zero-order chi connectivity index (χ0) is 14.9. The predicted molar refractivity (Wildman–Crippen MR) is 65.4 cm³/mol. The van der Waals surface area contributed by atoms with E-state index in [1.165, 1.54) is 0 Å². The van der Waals surface area contributed by atoms with Crippen LogP contribution in [-0.2, 0) is 14.2 Å². The maximum atomic E-state index is 9.85. The van der Waals surface area contributed by atoms with Gasteiger partial charge in [0.15, 0.2) is 6.29 Å².